The summed E-state index contributed by atoms with van der Waals surface area (Å²) < 4.78 is 47.5. The first-order valence-corrected chi connectivity index (χ1v) is 13.5. The van der Waals surface area contributed by atoms with Crippen molar-refractivity contribution in [2.45, 2.75) is 50.0 Å². The van der Waals surface area contributed by atoms with Crippen LogP contribution < -0.4 is 15.5 Å². The van der Waals surface area contributed by atoms with E-state index in [1.165, 1.54) is 12.1 Å². The van der Waals surface area contributed by atoms with E-state index in [1.807, 2.05) is 0 Å². The van der Waals surface area contributed by atoms with Crippen LogP contribution in [-0.4, -0.2) is 67.1 Å². The molecular weight excluding hydrogens is 545 g/mol. The van der Waals surface area contributed by atoms with Crippen LogP contribution in [-0.2, 0) is 20.5 Å². The molecule has 204 valence electrons. The second-order valence-corrected chi connectivity index (χ2v) is 11.3. The predicted molar refractivity (Wildman–Crippen MR) is 137 cm³/mol. The van der Waals surface area contributed by atoms with Crippen molar-refractivity contribution in [1.82, 2.24) is 10.2 Å². The maximum atomic E-state index is 14.0. The molecule has 5 rings (SSSR count). The van der Waals surface area contributed by atoms with Crippen molar-refractivity contribution in [1.29, 1.82) is 0 Å². The molecule has 0 radical (unpaired) electrons. The molecule has 1 aromatic heterocycles. The summed E-state index contributed by atoms with van der Waals surface area (Å²) in [6.07, 6.45) is -1.05. The Hall–Kier alpha value is -2.67. The number of hydrogen-bond acceptors (Lipinski definition) is 6. The van der Waals surface area contributed by atoms with Crippen LogP contribution in [0.25, 0.3) is 0 Å². The zero-order chi connectivity index (χ0) is 27.0. The van der Waals surface area contributed by atoms with Gasteiger partial charge in [0.2, 0.25) is 5.91 Å². The van der Waals surface area contributed by atoms with Gasteiger partial charge in [0, 0.05) is 30.9 Å². The number of nitrogens with zero attached hydrogens (tertiary/aromatic N) is 2. The molecule has 1 atom stereocenters. The van der Waals surface area contributed by atoms with E-state index in [2.05, 4.69) is 15.5 Å². The summed E-state index contributed by atoms with van der Waals surface area (Å²) in [5.74, 6) is -1.44. The lowest BCUT2D eigenvalue weighted by Gasteiger charge is -2.31. The molecule has 38 heavy (non-hydrogen) atoms. The Labute approximate surface area is 226 Å². The van der Waals surface area contributed by atoms with Crippen LogP contribution >= 0.6 is 22.9 Å². The van der Waals surface area contributed by atoms with Gasteiger partial charge in [0.1, 0.15) is 12.6 Å². The topological polar surface area (TPSA) is 91.0 Å². The molecule has 2 heterocycles. The zero-order valence-corrected chi connectivity index (χ0v) is 21.8. The van der Waals surface area contributed by atoms with Crippen LogP contribution in [0.1, 0.15) is 40.9 Å². The first kappa shape index (κ1) is 26.9. The van der Waals surface area contributed by atoms with Crippen molar-refractivity contribution in [3.63, 3.8) is 0 Å². The molecule has 3 amide bonds. The average molecular weight is 571 g/mol. The molecule has 0 bridgehead atoms. The van der Waals surface area contributed by atoms with Crippen molar-refractivity contribution in [3.8, 4) is 0 Å². The highest BCUT2D eigenvalue weighted by Crippen LogP contribution is 2.40. The Morgan fingerprint density at radius 3 is 2.45 bits per heavy atom. The molecule has 1 saturated heterocycles. The smallest absolute Gasteiger partial charge is 0.370 e. The van der Waals surface area contributed by atoms with E-state index in [0.29, 0.717) is 9.21 Å². The molecular formula is C25H26ClF3N4O4S. The fourth-order valence-corrected chi connectivity index (χ4v) is 5.63. The Morgan fingerprint density at radius 1 is 1.16 bits per heavy atom. The lowest BCUT2D eigenvalue weighted by atomic mass is 10.1. The van der Waals surface area contributed by atoms with Crippen LogP contribution in [0.5, 0.6) is 0 Å². The SMILES string of the molecule is O=C(NC[C@@H](C(=O)Nc1ccc(N2CCOCC2=O)c(C(F)(F)F)c1)N(C1CC1)C1CC1)c1ccc(Cl)s1. The molecule has 13 heteroatoms. The molecule has 3 aliphatic rings. The van der Waals surface area contributed by atoms with Crippen molar-refractivity contribution in [2.24, 2.45) is 0 Å². The summed E-state index contributed by atoms with van der Waals surface area (Å²) in [4.78, 5) is 41.8. The number of rotatable bonds is 9. The van der Waals surface area contributed by atoms with E-state index in [0.717, 1.165) is 48.0 Å². The third kappa shape index (κ3) is 6.14. The third-order valence-electron chi connectivity index (χ3n) is 6.70. The summed E-state index contributed by atoms with van der Waals surface area (Å²) >= 11 is 7.05. The maximum Gasteiger partial charge on any atom is 0.418 e. The molecule has 0 unspecified atom stereocenters. The lowest BCUT2D eigenvalue weighted by Crippen LogP contribution is -2.52. The van der Waals surface area contributed by atoms with Crippen LogP contribution in [0.15, 0.2) is 30.3 Å². The number of benzene rings is 1. The molecule has 1 aromatic carbocycles. The number of ether oxygens (including phenoxy) is 1. The average Bonchev–Trinajstić information content (AvgIpc) is 3.81. The summed E-state index contributed by atoms with van der Waals surface area (Å²) in [6, 6.07) is 6.24. The molecule has 8 nitrogen and oxygen atoms in total. The van der Waals surface area contributed by atoms with E-state index >= 15 is 0 Å². The Balaban J connectivity index is 1.37. The minimum Gasteiger partial charge on any atom is -0.370 e. The molecule has 0 spiro atoms. The second-order valence-electron chi connectivity index (χ2n) is 9.56. The summed E-state index contributed by atoms with van der Waals surface area (Å²) in [5.41, 5.74) is -1.34. The molecule has 2 saturated carbocycles. The number of thiophene rings is 1. The van der Waals surface area contributed by atoms with Crippen molar-refractivity contribution < 1.29 is 32.3 Å². The van der Waals surface area contributed by atoms with Gasteiger partial charge in [-0.2, -0.15) is 13.2 Å². The highest BCUT2D eigenvalue weighted by molar-refractivity contribution is 7.18. The number of nitrogens with one attached hydrogen (secondary N) is 2. The van der Waals surface area contributed by atoms with Gasteiger partial charge < -0.3 is 20.3 Å². The predicted octanol–water partition coefficient (Wildman–Crippen LogP) is 4.15. The monoisotopic (exact) mass is 570 g/mol. The number of alkyl halides is 3. The first-order valence-electron chi connectivity index (χ1n) is 12.3. The standard InChI is InChI=1S/C25H26ClF3N4O4S/c26-21-8-7-20(38-21)24(36)30-12-19(33(15-2-3-15)16-4-5-16)23(35)31-14-1-6-18(17(11-14)25(27,28)29)32-9-10-37-13-22(32)34/h1,6-8,11,15-16,19H,2-5,9-10,12-13H2,(H,30,36)(H,31,35)/t19-/m0/s1. The number of anilines is 2. The van der Waals surface area contributed by atoms with Crippen LogP contribution in [0.4, 0.5) is 24.5 Å². The highest BCUT2D eigenvalue weighted by Gasteiger charge is 2.45. The molecule has 1 aliphatic heterocycles. The molecule has 2 aromatic rings. The normalized spacial score (nSPS) is 19.0. The van der Waals surface area contributed by atoms with Gasteiger partial charge in [0.15, 0.2) is 0 Å². The van der Waals surface area contributed by atoms with Gasteiger partial charge in [-0.25, -0.2) is 0 Å². The number of carbonyl (C=O) groups is 3. The zero-order valence-electron chi connectivity index (χ0n) is 20.2. The number of morpholine rings is 1. The number of halogens is 4. The number of hydrogen-bond donors (Lipinski definition) is 2. The Kier molecular flexibility index (Phi) is 7.67. The molecule has 2 aliphatic carbocycles. The minimum atomic E-state index is -4.75. The van der Waals surface area contributed by atoms with Crippen LogP contribution in [0, 0.1) is 0 Å². The van der Waals surface area contributed by atoms with E-state index in [4.69, 9.17) is 16.3 Å². The van der Waals surface area contributed by atoms with Gasteiger partial charge in [-0.3, -0.25) is 19.3 Å². The summed E-state index contributed by atoms with van der Waals surface area (Å²) in [5, 5.41) is 5.42. The molecule has 2 N–H and O–H groups in total. The van der Waals surface area contributed by atoms with Gasteiger partial charge in [-0.15, -0.1) is 11.3 Å². The number of carbonyl (C=O) groups excluding carboxylic acids is 3. The summed E-state index contributed by atoms with van der Waals surface area (Å²) in [7, 11) is 0. The van der Waals surface area contributed by atoms with Crippen molar-refractivity contribution in [3.05, 3.63) is 45.1 Å². The quantitative estimate of drug-likeness (QED) is 0.473. The van der Waals surface area contributed by atoms with Crippen LogP contribution in [0.2, 0.25) is 4.34 Å². The van der Waals surface area contributed by atoms with Gasteiger partial charge in [0.05, 0.1) is 27.1 Å². The Morgan fingerprint density at radius 2 is 1.87 bits per heavy atom. The minimum absolute atomic E-state index is 0.000321. The largest absolute Gasteiger partial charge is 0.418 e. The first-order chi connectivity index (χ1) is 18.1. The highest BCUT2D eigenvalue weighted by atomic mass is 35.5. The lowest BCUT2D eigenvalue weighted by molar-refractivity contribution is -0.137. The van der Waals surface area contributed by atoms with Gasteiger partial charge in [-0.05, 0) is 56.0 Å². The number of amides is 3. The fourth-order valence-electron chi connectivity index (χ4n) is 4.67. The van der Waals surface area contributed by atoms with Crippen LogP contribution in [0.3, 0.4) is 0 Å². The second kappa shape index (κ2) is 10.8. The summed E-state index contributed by atoms with van der Waals surface area (Å²) in [6.45, 7) is -0.161. The van der Waals surface area contributed by atoms with Gasteiger partial charge in [0.25, 0.3) is 11.8 Å². The molecule has 3 fully saturated rings. The van der Waals surface area contributed by atoms with Crippen molar-refractivity contribution >= 4 is 52.0 Å². The maximum absolute atomic E-state index is 14.0. The van der Waals surface area contributed by atoms with Crippen molar-refractivity contribution in [2.75, 3.05) is 36.5 Å². The van der Waals surface area contributed by atoms with E-state index < -0.39 is 29.6 Å². The van der Waals surface area contributed by atoms with Gasteiger partial charge >= 0.3 is 6.18 Å². The third-order valence-corrected chi connectivity index (χ3v) is 7.93. The van der Waals surface area contributed by atoms with E-state index in [9.17, 15) is 27.6 Å². The van der Waals surface area contributed by atoms with E-state index in [1.54, 1.807) is 12.1 Å². The fraction of sp³-hybridized carbons (Fsp3) is 0.480. The Bertz CT molecular complexity index is 1220. The van der Waals surface area contributed by atoms with Gasteiger partial charge in [-0.1, -0.05) is 11.6 Å². The van der Waals surface area contributed by atoms with E-state index in [-0.39, 0.29) is 55.7 Å².